The van der Waals surface area contributed by atoms with Crippen LogP contribution in [-0.2, 0) is 0 Å². The van der Waals surface area contributed by atoms with E-state index < -0.39 is 23.8 Å². The number of aliphatic hydroxyl groups is 1. The summed E-state index contributed by atoms with van der Waals surface area (Å²) < 4.78 is 7.40. The highest BCUT2D eigenvalue weighted by Gasteiger charge is 2.34. The van der Waals surface area contributed by atoms with Gasteiger partial charge in [-0.25, -0.2) is 9.67 Å². The molecule has 1 heterocycles. The minimum atomic E-state index is -0.792. The molecule has 0 aliphatic heterocycles. The van der Waals surface area contributed by atoms with Gasteiger partial charge in [0.25, 0.3) is 0 Å². The molecule has 3 atom stereocenters. The van der Waals surface area contributed by atoms with Crippen LogP contribution in [0.2, 0.25) is 0 Å². The molecule has 23 heavy (non-hydrogen) atoms. The molecule has 2 rings (SSSR count). The third kappa shape index (κ3) is 4.13. The van der Waals surface area contributed by atoms with Crippen LogP contribution in [0.4, 0.5) is 0 Å². The lowest BCUT2D eigenvalue weighted by Crippen LogP contribution is -2.38. The Bertz CT molecular complexity index is 620. The molecule has 0 aliphatic rings. The van der Waals surface area contributed by atoms with Gasteiger partial charge in [0.05, 0.1) is 0 Å². The van der Waals surface area contributed by atoms with Crippen molar-refractivity contribution in [2.45, 2.75) is 46.1 Å². The first-order valence-electron chi connectivity index (χ1n) is 7.44. The molecule has 0 spiro atoms. The minimum Gasteiger partial charge on any atom is -0.466 e. The summed E-state index contributed by atoms with van der Waals surface area (Å²) in [4.78, 5) is 14.5. The monoisotopic (exact) mass is 318 g/mol. The summed E-state index contributed by atoms with van der Waals surface area (Å²) >= 11 is 0. The van der Waals surface area contributed by atoms with Crippen LogP contribution in [0.25, 0.3) is 0 Å². The molecular weight excluding hydrogens is 296 g/mol. The zero-order chi connectivity index (χ0) is 17.0. The number of aliphatic hydroxyl groups excluding tert-OH is 1. The van der Waals surface area contributed by atoms with Crippen molar-refractivity contribution in [2.24, 2.45) is 10.6 Å². The molecule has 1 aromatic heterocycles. The fourth-order valence-corrected chi connectivity index (χ4v) is 2.06. The van der Waals surface area contributed by atoms with Gasteiger partial charge in [-0.15, -0.1) is 0 Å². The zero-order valence-electron chi connectivity index (χ0n) is 13.7. The second-order valence-corrected chi connectivity index (χ2v) is 6.55. The lowest BCUT2D eigenvalue weighted by molar-refractivity contribution is -0.0731. The molecule has 0 saturated carbocycles. The average Bonchev–Trinajstić information content (AvgIpc) is 3.05. The number of hydrogen-bond donors (Lipinski definition) is 1. The number of nitroso groups, excluding NO2 is 1. The largest absolute Gasteiger partial charge is 0.466 e. The Morgan fingerprint density at radius 2 is 1.91 bits per heavy atom. The van der Waals surface area contributed by atoms with E-state index in [2.05, 4.69) is 15.3 Å². The molecule has 0 fully saturated rings. The quantitative estimate of drug-likeness (QED) is 0.827. The van der Waals surface area contributed by atoms with Gasteiger partial charge in [-0.3, -0.25) is 0 Å². The first kappa shape index (κ1) is 17.1. The maximum absolute atomic E-state index is 10.6. The van der Waals surface area contributed by atoms with E-state index in [-0.39, 0.29) is 0 Å². The van der Waals surface area contributed by atoms with Crippen LogP contribution in [0.5, 0.6) is 5.75 Å². The average molecular weight is 318 g/mol. The molecule has 1 N–H and O–H groups in total. The van der Waals surface area contributed by atoms with Crippen molar-refractivity contribution in [1.29, 1.82) is 0 Å². The Balaban J connectivity index is 2.23. The van der Waals surface area contributed by atoms with Gasteiger partial charge in [-0.1, -0.05) is 38.1 Å². The van der Waals surface area contributed by atoms with Gasteiger partial charge in [0.1, 0.15) is 30.5 Å². The summed E-state index contributed by atoms with van der Waals surface area (Å²) in [5, 5.41) is 17.7. The molecule has 1 aromatic carbocycles. The number of ether oxygens (including phenoxy) is 1. The fourth-order valence-electron chi connectivity index (χ4n) is 2.06. The Kier molecular flexibility index (Phi) is 5.10. The second kappa shape index (κ2) is 6.87. The van der Waals surface area contributed by atoms with Crippen LogP contribution in [0.3, 0.4) is 0 Å². The SMILES string of the molecule is CC(N=O)c1ccc(OC(C(O)C(C)(C)C)n2cncn2)cc1. The lowest BCUT2D eigenvalue weighted by Gasteiger charge is -2.32. The van der Waals surface area contributed by atoms with Crippen LogP contribution in [-0.4, -0.2) is 26.0 Å². The summed E-state index contributed by atoms with van der Waals surface area (Å²) in [7, 11) is 0. The summed E-state index contributed by atoms with van der Waals surface area (Å²) in [6.45, 7) is 7.49. The third-order valence-corrected chi connectivity index (χ3v) is 3.63. The van der Waals surface area contributed by atoms with Crippen LogP contribution in [0.15, 0.2) is 42.1 Å². The first-order valence-corrected chi connectivity index (χ1v) is 7.44. The summed E-state index contributed by atoms with van der Waals surface area (Å²) in [5.74, 6) is 0.565. The fraction of sp³-hybridized carbons (Fsp3) is 0.500. The minimum absolute atomic E-state index is 0.396. The molecule has 0 radical (unpaired) electrons. The van der Waals surface area contributed by atoms with Crippen LogP contribution in [0, 0.1) is 10.3 Å². The molecule has 0 aliphatic carbocycles. The Hall–Kier alpha value is -2.28. The molecule has 124 valence electrons. The van der Waals surface area contributed by atoms with E-state index in [0.29, 0.717) is 5.75 Å². The van der Waals surface area contributed by atoms with E-state index in [0.717, 1.165) is 5.56 Å². The van der Waals surface area contributed by atoms with E-state index in [9.17, 15) is 10.0 Å². The lowest BCUT2D eigenvalue weighted by atomic mass is 9.88. The van der Waals surface area contributed by atoms with Gasteiger partial charge in [-0.2, -0.15) is 10.0 Å². The summed E-state index contributed by atoms with van der Waals surface area (Å²) in [6, 6.07) is 6.65. The molecule has 0 bridgehead atoms. The summed E-state index contributed by atoms with van der Waals surface area (Å²) in [6.07, 6.45) is 1.41. The topological polar surface area (TPSA) is 89.6 Å². The Morgan fingerprint density at radius 3 is 2.39 bits per heavy atom. The smallest absolute Gasteiger partial charge is 0.219 e. The zero-order valence-corrected chi connectivity index (χ0v) is 13.7. The highest BCUT2D eigenvalue weighted by atomic mass is 16.5. The number of benzene rings is 1. The third-order valence-electron chi connectivity index (χ3n) is 3.63. The van der Waals surface area contributed by atoms with Crippen molar-refractivity contribution in [1.82, 2.24) is 14.8 Å². The first-order chi connectivity index (χ1) is 10.8. The van der Waals surface area contributed by atoms with E-state index in [1.807, 2.05) is 20.8 Å². The molecular formula is C16H22N4O3. The van der Waals surface area contributed by atoms with Crippen molar-refractivity contribution in [2.75, 3.05) is 0 Å². The number of rotatable bonds is 6. The Labute approximate surface area is 135 Å². The Morgan fingerprint density at radius 1 is 1.26 bits per heavy atom. The molecule has 7 heteroatoms. The van der Waals surface area contributed by atoms with Gasteiger partial charge in [0, 0.05) is 0 Å². The van der Waals surface area contributed by atoms with E-state index in [1.54, 1.807) is 31.2 Å². The van der Waals surface area contributed by atoms with Gasteiger partial charge >= 0.3 is 0 Å². The van der Waals surface area contributed by atoms with Gasteiger partial charge in [0.15, 0.2) is 0 Å². The summed E-state index contributed by atoms with van der Waals surface area (Å²) in [5.41, 5.74) is 0.410. The highest BCUT2D eigenvalue weighted by molar-refractivity contribution is 5.29. The van der Waals surface area contributed by atoms with Gasteiger partial charge in [-0.05, 0) is 30.0 Å². The van der Waals surface area contributed by atoms with E-state index in [1.165, 1.54) is 17.3 Å². The molecule has 2 aromatic rings. The maximum Gasteiger partial charge on any atom is 0.219 e. The van der Waals surface area contributed by atoms with Crippen molar-refractivity contribution < 1.29 is 9.84 Å². The molecule has 0 saturated heterocycles. The standard InChI is InChI=1S/C16H22N4O3/c1-11(19-22)12-5-7-13(8-6-12)23-15(14(21)16(2,3)4)20-10-17-9-18-20/h5-11,14-15,21H,1-4H3. The predicted molar refractivity (Wildman–Crippen MR) is 85.8 cm³/mol. The predicted octanol–water partition coefficient (Wildman–Crippen LogP) is 3.09. The van der Waals surface area contributed by atoms with Crippen molar-refractivity contribution in [3.63, 3.8) is 0 Å². The van der Waals surface area contributed by atoms with E-state index >= 15 is 0 Å². The van der Waals surface area contributed by atoms with Crippen molar-refractivity contribution >= 4 is 0 Å². The normalized spacial score (nSPS) is 15.7. The van der Waals surface area contributed by atoms with Crippen LogP contribution < -0.4 is 4.74 Å². The number of nitrogens with zero attached hydrogens (tertiary/aromatic N) is 4. The number of hydrogen-bond acceptors (Lipinski definition) is 6. The van der Waals surface area contributed by atoms with Crippen molar-refractivity contribution in [3.8, 4) is 5.75 Å². The van der Waals surface area contributed by atoms with Crippen molar-refractivity contribution in [3.05, 3.63) is 47.4 Å². The second-order valence-electron chi connectivity index (χ2n) is 6.55. The maximum atomic E-state index is 10.6. The van der Waals surface area contributed by atoms with Crippen LogP contribution >= 0.6 is 0 Å². The molecule has 3 unspecified atom stereocenters. The molecule has 7 nitrogen and oxygen atoms in total. The molecule has 0 amide bonds. The van der Waals surface area contributed by atoms with Crippen LogP contribution in [0.1, 0.15) is 45.5 Å². The van der Waals surface area contributed by atoms with Gasteiger partial charge in [0.2, 0.25) is 6.23 Å². The van der Waals surface area contributed by atoms with Gasteiger partial charge < -0.3 is 9.84 Å². The van der Waals surface area contributed by atoms with E-state index in [4.69, 9.17) is 4.74 Å². The highest BCUT2D eigenvalue weighted by Crippen LogP contribution is 2.30. The number of aromatic nitrogens is 3.